The van der Waals surface area contributed by atoms with Gasteiger partial charge in [0.15, 0.2) is 11.4 Å². The van der Waals surface area contributed by atoms with Crippen molar-refractivity contribution in [3.05, 3.63) is 52.4 Å². The van der Waals surface area contributed by atoms with Crippen LogP contribution in [-0.4, -0.2) is 24.2 Å². The van der Waals surface area contributed by atoms with E-state index in [1.807, 2.05) is 4.90 Å². The largest absolute Gasteiger partial charge is 0.481 e. The van der Waals surface area contributed by atoms with Crippen molar-refractivity contribution in [2.24, 2.45) is 5.92 Å². The Labute approximate surface area is 135 Å². The Morgan fingerprint density at radius 3 is 2.83 bits per heavy atom. The molecule has 0 radical (unpaired) electrons. The summed E-state index contributed by atoms with van der Waals surface area (Å²) >= 11 is 0. The molecule has 2 aromatic carbocycles. The van der Waals surface area contributed by atoms with Gasteiger partial charge in [-0.1, -0.05) is 6.07 Å². The Kier molecular flexibility index (Phi) is 3.26. The molecule has 0 spiro atoms. The highest BCUT2D eigenvalue weighted by Crippen LogP contribution is 2.28. The molecule has 1 aliphatic rings. The number of aliphatic carboxylic acids is 1. The summed E-state index contributed by atoms with van der Waals surface area (Å²) in [6.07, 6.45) is 0.573. The van der Waals surface area contributed by atoms with Gasteiger partial charge in [0.2, 0.25) is 5.43 Å². The van der Waals surface area contributed by atoms with Gasteiger partial charge >= 0.3 is 5.97 Å². The Hall–Kier alpha value is -2.89. The molecule has 1 N–H and O–H groups in total. The highest BCUT2D eigenvalue weighted by molar-refractivity contribution is 5.91. The van der Waals surface area contributed by atoms with Crippen LogP contribution in [0.15, 0.2) is 45.6 Å². The predicted molar refractivity (Wildman–Crippen MR) is 87.9 cm³/mol. The number of hydrogen-bond acceptors (Lipinski definition) is 4. The topological polar surface area (TPSA) is 70.8 Å². The number of carbonyl (C=O) groups is 1. The molecule has 2 heterocycles. The highest BCUT2D eigenvalue weighted by atomic mass is 19.1. The summed E-state index contributed by atoms with van der Waals surface area (Å²) in [6.45, 7) is 1.03. The molecule has 122 valence electrons. The third kappa shape index (κ3) is 2.22. The van der Waals surface area contributed by atoms with E-state index in [0.29, 0.717) is 30.5 Å². The van der Waals surface area contributed by atoms with Crippen molar-refractivity contribution in [1.82, 2.24) is 0 Å². The lowest BCUT2D eigenvalue weighted by molar-refractivity contribution is -0.140. The SMILES string of the molecule is O=C(O)C1CCN(c2ccc3c(=O)c4cccc(F)c4oc3c2)C1. The average molecular weight is 327 g/mol. The molecule has 3 aromatic rings. The number of hydrogen-bond donors (Lipinski definition) is 1. The molecule has 0 amide bonds. The molecule has 1 saturated heterocycles. The molecule has 1 fully saturated rings. The molecule has 0 aliphatic carbocycles. The Morgan fingerprint density at radius 2 is 2.08 bits per heavy atom. The van der Waals surface area contributed by atoms with Crippen LogP contribution in [0.4, 0.5) is 10.1 Å². The average Bonchev–Trinajstić information content (AvgIpc) is 3.06. The number of nitrogens with zero attached hydrogens (tertiary/aromatic N) is 1. The van der Waals surface area contributed by atoms with Crippen LogP contribution in [0.25, 0.3) is 21.9 Å². The van der Waals surface area contributed by atoms with Gasteiger partial charge in [-0.2, -0.15) is 0 Å². The monoisotopic (exact) mass is 327 g/mol. The highest BCUT2D eigenvalue weighted by Gasteiger charge is 2.28. The zero-order chi connectivity index (χ0) is 16.8. The molecular weight excluding hydrogens is 313 g/mol. The second-order valence-electron chi connectivity index (χ2n) is 6.00. The minimum Gasteiger partial charge on any atom is -0.481 e. The standard InChI is InChI=1S/C18H14FNO4/c19-14-3-1-2-13-16(21)12-5-4-11(8-15(12)24-17(13)14)20-7-6-10(9-20)18(22)23/h1-5,8,10H,6-7,9H2,(H,22,23). The maximum absolute atomic E-state index is 13.9. The number of carboxylic acids is 1. The predicted octanol–water partition coefficient (Wildman–Crippen LogP) is 3.00. The van der Waals surface area contributed by atoms with Crippen molar-refractivity contribution in [2.75, 3.05) is 18.0 Å². The van der Waals surface area contributed by atoms with Crippen molar-refractivity contribution in [2.45, 2.75) is 6.42 Å². The first-order valence-corrected chi connectivity index (χ1v) is 7.67. The zero-order valence-electron chi connectivity index (χ0n) is 12.7. The van der Waals surface area contributed by atoms with Gasteiger partial charge in [0.25, 0.3) is 0 Å². The van der Waals surface area contributed by atoms with Crippen LogP contribution in [0.5, 0.6) is 0 Å². The summed E-state index contributed by atoms with van der Waals surface area (Å²) in [5.41, 5.74) is 0.734. The lowest BCUT2D eigenvalue weighted by Crippen LogP contribution is -2.22. The van der Waals surface area contributed by atoms with Gasteiger partial charge in [0, 0.05) is 24.8 Å². The van der Waals surface area contributed by atoms with Crippen molar-refractivity contribution in [3.63, 3.8) is 0 Å². The van der Waals surface area contributed by atoms with Crippen molar-refractivity contribution >= 4 is 33.6 Å². The molecule has 1 aliphatic heterocycles. The fourth-order valence-electron chi connectivity index (χ4n) is 3.22. The molecule has 4 rings (SSSR count). The molecule has 5 nitrogen and oxygen atoms in total. The van der Waals surface area contributed by atoms with E-state index in [0.717, 1.165) is 5.69 Å². The molecule has 0 saturated carbocycles. The fourth-order valence-corrected chi connectivity index (χ4v) is 3.22. The zero-order valence-corrected chi connectivity index (χ0v) is 12.7. The van der Waals surface area contributed by atoms with E-state index in [9.17, 15) is 14.0 Å². The van der Waals surface area contributed by atoms with Gasteiger partial charge in [0.1, 0.15) is 5.58 Å². The fraction of sp³-hybridized carbons (Fsp3) is 0.222. The van der Waals surface area contributed by atoms with Crippen LogP contribution in [0.3, 0.4) is 0 Å². The molecule has 0 bridgehead atoms. The second-order valence-corrected chi connectivity index (χ2v) is 6.00. The van der Waals surface area contributed by atoms with Crippen LogP contribution >= 0.6 is 0 Å². The van der Waals surface area contributed by atoms with Crippen LogP contribution < -0.4 is 10.3 Å². The molecule has 1 atom stereocenters. The number of rotatable bonds is 2. The first-order chi connectivity index (χ1) is 11.5. The molecule has 6 heteroatoms. The molecular formula is C18H14FNO4. The van der Waals surface area contributed by atoms with E-state index in [-0.39, 0.29) is 16.4 Å². The number of carboxylic acid groups (broad SMARTS) is 1. The summed E-state index contributed by atoms with van der Waals surface area (Å²) < 4.78 is 19.5. The summed E-state index contributed by atoms with van der Waals surface area (Å²) in [6, 6.07) is 9.36. The van der Waals surface area contributed by atoms with Gasteiger partial charge < -0.3 is 14.4 Å². The summed E-state index contributed by atoms with van der Waals surface area (Å²) in [5.74, 6) is -1.79. The Morgan fingerprint density at radius 1 is 1.25 bits per heavy atom. The minimum atomic E-state index is -0.808. The quantitative estimate of drug-likeness (QED) is 0.733. The van der Waals surface area contributed by atoms with Crippen molar-refractivity contribution in [3.8, 4) is 0 Å². The van der Waals surface area contributed by atoms with E-state index < -0.39 is 17.7 Å². The first kappa shape index (κ1) is 14.7. The third-order valence-electron chi connectivity index (χ3n) is 4.54. The lowest BCUT2D eigenvalue weighted by atomic mass is 10.1. The Balaban J connectivity index is 1.84. The molecule has 1 aromatic heterocycles. The maximum atomic E-state index is 13.9. The van der Waals surface area contributed by atoms with Gasteiger partial charge in [-0.25, -0.2) is 4.39 Å². The van der Waals surface area contributed by atoms with E-state index in [1.165, 1.54) is 18.2 Å². The normalized spacial score (nSPS) is 17.7. The third-order valence-corrected chi connectivity index (χ3v) is 4.54. The van der Waals surface area contributed by atoms with Crippen molar-refractivity contribution in [1.29, 1.82) is 0 Å². The van der Waals surface area contributed by atoms with Crippen LogP contribution in [-0.2, 0) is 4.79 Å². The number of anilines is 1. The second kappa shape index (κ2) is 5.33. The van der Waals surface area contributed by atoms with Crippen LogP contribution in [0, 0.1) is 11.7 Å². The summed E-state index contributed by atoms with van der Waals surface area (Å²) in [4.78, 5) is 25.5. The minimum absolute atomic E-state index is 0.0583. The van der Waals surface area contributed by atoms with Gasteiger partial charge in [-0.3, -0.25) is 9.59 Å². The van der Waals surface area contributed by atoms with E-state index in [2.05, 4.69) is 0 Å². The smallest absolute Gasteiger partial charge is 0.308 e. The van der Waals surface area contributed by atoms with E-state index in [1.54, 1.807) is 18.2 Å². The van der Waals surface area contributed by atoms with Crippen LogP contribution in [0.1, 0.15) is 6.42 Å². The Bertz CT molecular complexity index is 1030. The van der Waals surface area contributed by atoms with Gasteiger partial charge in [0.05, 0.1) is 16.7 Å². The van der Waals surface area contributed by atoms with Crippen LogP contribution in [0.2, 0.25) is 0 Å². The van der Waals surface area contributed by atoms with E-state index in [4.69, 9.17) is 9.52 Å². The summed E-state index contributed by atoms with van der Waals surface area (Å²) in [5, 5.41) is 9.70. The maximum Gasteiger partial charge on any atom is 0.308 e. The van der Waals surface area contributed by atoms with Gasteiger partial charge in [-0.05, 0) is 30.7 Å². The number of para-hydroxylation sites is 1. The lowest BCUT2D eigenvalue weighted by Gasteiger charge is -2.18. The molecule has 1 unspecified atom stereocenters. The van der Waals surface area contributed by atoms with E-state index >= 15 is 0 Å². The summed E-state index contributed by atoms with van der Waals surface area (Å²) in [7, 11) is 0. The first-order valence-electron chi connectivity index (χ1n) is 7.67. The number of fused-ring (bicyclic) bond motifs is 2. The van der Waals surface area contributed by atoms with Crippen molar-refractivity contribution < 1.29 is 18.7 Å². The number of halogens is 1. The number of benzene rings is 2. The van der Waals surface area contributed by atoms with Gasteiger partial charge in [-0.15, -0.1) is 0 Å². The molecule has 24 heavy (non-hydrogen) atoms.